The Morgan fingerprint density at radius 1 is 1.23 bits per heavy atom. The molecule has 2 rings (SSSR count). The van der Waals surface area contributed by atoms with Gasteiger partial charge in [-0.15, -0.1) is 0 Å². The van der Waals surface area contributed by atoms with Crippen LogP contribution in [0.25, 0.3) is 0 Å². The molecule has 140 valence electrons. The maximum atomic E-state index is 13.2. The monoisotopic (exact) mass is 380 g/mol. The van der Waals surface area contributed by atoms with E-state index in [1.807, 2.05) is 0 Å². The van der Waals surface area contributed by atoms with Gasteiger partial charge in [0.05, 0.1) is 22.8 Å². The maximum Gasteiger partial charge on any atom is 0.262 e. The summed E-state index contributed by atoms with van der Waals surface area (Å²) in [5, 5.41) is 2.73. The first-order valence-electron chi connectivity index (χ1n) is 7.92. The van der Waals surface area contributed by atoms with E-state index in [1.165, 1.54) is 32.2 Å². The SMILES string of the molecule is COCC(C)NC(=O)c1ccccc1NS(=O)(=O)c1ccc(F)cc1C. The first-order chi connectivity index (χ1) is 12.2. The summed E-state index contributed by atoms with van der Waals surface area (Å²) < 4.78 is 45.9. The van der Waals surface area contributed by atoms with Crippen molar-refractivity contribution >= 4 is 21.6 Å². The third-order valence-corrected chi connectivity index (χ3v) is 5.16. The van der Waals surface area contributed by atoms with Crippen LogP contribution in [-0.2, 0) is 14.8 Å². The zero-order valence-corrected chi connectivity index (χ0v) is 15.6. The molecule has 0 radical (unpaired) electrons. The molecule has 26 heavy (non-hydrogen) atoms. The molecular weight excluding hydrogens is 359 g/mol. The number of rotatable bonds is 7. The van der Waals surface area contributed by atoms with Crippen LogP contribution in [0.5, 0.6) is 0 Å². The molecule has 0 aromatic heterocycles. The van der Waals surface area contributed by atoms with Crippen LogP contribution in [-0.4, -0.2) is 34.1 Å². The Labute approximate surface area is 152 Å². The van der Waals surface area contributed by atoms with Crippen molar-refractivity contribution in [2.24, 2.45) is 0 Å². The average molecular weight is 380 g/mol. The van der Waals surface area contributed by atoms with Crippen molar-refractivity contribution in [3.8, 4) is 0 Å². The summed E-state index contributed by atoms with van der Waals surface area (Å²) in [6.45, 7) is 3.60. The van der Waals surface area contributed by atoms with Crippen LogP contribution in [0, 0.1) is 12.7 Å². The number of carbonyl (C=O) groups excluding carboxylic acids is 1. The van der Waals surface area contributed by atoms with Crippen LogP contribution in [0.3, 0.4) is 0 Å². The predicted molar refractivity (Wildman–Crippen MR) is 97.2 cm³/mol. The Morgan fingerprint density at radius 3 is 2.58 bits per heavy atom. The van der Waals surface area contributed by atoms with E-state index in [9.17, 15) is 17.6 Å². The molecule has 0 bridgehead atoms. The second-order valence-electron chi connectivity index (χ2n) is 5.89. The topological polar surface area (TPSA) is 84.5 Å². The van der Waals surface area contributed by atoms with Gasteiger partial charge in [0.2, 0.25) is 0 Å². The number of methoxy groups -OCH3 is 1. The number of hydrogen-bond donors (Lipinski definition) is 2. The van der Waals surface area contributed by atoms with Gasteiger partial charge >= 0.3 is 0 Å². The Balaban J connectivity index is 2.31. The number of nitrogens with one attached hydrogen (secondary N) is 2. The van der Waals surface area contributed by atoms with Crippen molar-refractivity contribution < 1.29 is 22.3 Å². The van der Waals surface area contributed by atoms with Gasteiger partial charge in [0.15, 0.2) is 0 Å². The molecule has 0 aliphatic rings. The quantitative estimate of drug-likeness (QED) is 0.774. The van der Waals surface area contributed by atoms with Crippen molar-refractivity contribution in [2.45, 2.75) is 24.8 Å². The molecule has 1 amide bonds. The fraction of sp³-hybridized carbons (Fsp3) is 0.278. The van der Waals surface area contributed by atoms with Gasteiger partial charge in [0.25, 0.3) is 15.9 Å². The van der Waals surface area contributed by atoms with Crippen LogP contribution in [0.4, 0.5) is 10.1 Å². The van der Waals surface area contributed by atoms with Gasteiger partial charge in [-0.25, -0.2) is 12.8 Å². The molecule has 0 fully saturated rings. The lowest BCUT2D eigenvalue weighted by Crippen LogP contribution is -2.36. The molecule has 0 aliphatic heterocycles. The van der Waals surface area contributed by atoms with Crippen LogP contribution >= 0.6 is 0 Å². The van der Waals surface area contributed by atoms with Gasteiger partial charge in [-0.1, -0.05) is 12.1 Å². The molecule has 2 aromatic carbocycles. The van der Waals surface area contributed by atoms with Gasteiger partial charge in [0.1, 0.15) is 5.82 Å². The summed E-state index contributed by atoms with van der Waals surface area (Å²) >= 11 is 0. The van der Waals surface area contributed by atoms with Crippen LogP contribution < -0.4 is 10.0 Å². The molecule has 0 aliphatic carbocycles. The van der Waals surface area contributed by atoms with Gasteiger partial charge in [-0.05, 0) is 49.7 Å². The third-order valence-electron chi connectivity index (χ3n) is 3.64. The second kappa shape index (κ2) is 8.29. The minimum atomic E-state index is -3.98. The van der Waals surface area contributed by atoms with Crippen molar-refractivity contribution in [2.75, 3.05) is 18.4 Å². The van der Waals surface area contributed by atoms with E-state index in [-0.39, 0.29) is 27.8 Å². The molecule has 2 aromatic rings. The third kappa shape index (κ3) is 4.80. The molecule has 0 heterocycles. The summed E-state index contributed by atoms with van der Waals surface area (Å²) in [5.41, 5.74) is 0.588. The van der Waals surface area contributed by atoms with Gasteiger partial charge in [-0.3, -0.25) is 9.52 Å². The highest BCUT2D eigenvalue weighted by Gasteiger charge is 2.21. The summed E-state index contributed by atoms with van der Waals surface area (Å²) in [4.78, 5) is 12.4. The molecule has 6 nitrogen and oxygen atoms in total. The lowest BCUT2D eigenvalue weighted by atomic mass is 10.1. The predicted octanol–water partition coefficient (Wildman–Crippen LogP) is 2.70. The Bertz CT molecular complexity index is 900. The molecule has 1 unspecified atom stereocenters. The lowest BCUT2D eigenvalue weighted by Gasteiger charge is -2.16. The first kappa shape index (κ1) is 19.9. The number of halogens is 1. The zero-order valence-electron chi connectivity index (χ0n) is 14.7. The van der Waals surface area contributed by atoms with E-state index in [0.717, 1.165) is 12.1 Å². The maximum absolute atomic E-state index is 13.2. The molecule has 0 saturated heterocycles. The molecular formula is C18H21FN2O4S. The van der Waals surface area contributed by atoms with Crippen LogP contribution in [0.15, 0.2) is 47.4 Å². The summed E-state index contributed by atoms with van der Waals surface area (Å²) in [7, 11) is -2.45. The van der Waals surface area contributed by atoms with Crippen molar-refractivity contribution in [1.82, 2.24) is 5.32 Å². The van der Waals surface area contributed by atoms with E-state index in [0.29, 0.717) is 6.61 Å². The number of hydrogen-bond acceptors (Lipinski definition) is 4. The fourth-order valence-electron chi connectivity index (χ4n) is 2.48. The smallest absolute Gasteiger partial charge is 0.262 e. The van der Waals surface area contributed by atoms with Gasteiger partial charge < -0.3 is 10.1 Å². The van der Waals surface area contributed by atoms with Crippen LogP contribution in [0.1, 0.15) is 22.8 Å². The Hall–Kier alpha value is -2.45. The largest absolute Gasteiger partial charge is 0.383 e. The molecule has 0 spiro atoms. The fourth-order valence-corrected chi connectivity index (χ4v) is 3.78. The standard InChI is InChI=1S/C18H21FN2O4S/c1-12-10-14(19)8-9-17(12)26(23,24)21-16-7-5-4-6-15(16)18(22)20-13(2)11-25-3/h4-10,13,21H,11H2,1-3H3,(H,20,22). The number of anilines is 1. The number of amides is 1. The minimum Gasteiger partial charge on any atom is -0.383 e. The first-order valence-corrected chi connectivity index (χ1v) is 9.40. The summed E-state index contributed by atoms with van der Waals surface area (Å²) in [6.07, 6.45) is 0. The van der Waals surface area contributed by atoms with Crippen molar-refractivity contribution in [3.63, 3.8) is 0 Å². The van der Waals surface area contributed by atoms with Gasteiger partial charge in [0, 0.05) is 13.2 Å². The molecule has 0 saturated carbocycles. The van der Waals surface area contributed by atoms with Crippen LogP contribution in [0.2, 0.25) is 0 Å². The van der Waals surface area contributed by atoms with Crippen molar-refractivity contribution in [3.05, 3.63) is 59.4 Å². The van der Waals surface area contributed by atoms with Gasteiger partial charge in [-0.2, -0.15) is 0 Å². The van der Waals surface area contributed by atoms with E-state index >= 15 is 0 Å². The number of para-hydroxylation sites is 1. The number of benzene rings is 2. The number of ether oxygens (including phenoxy) is 1. The van der Waals surface area contributed by atoms with E-state index in [4.69, 9.17) is 4.74 Å². The Morgan fingerprint density at radius 2 is 1.92 bits per heavy atom. The normalized spacial score (nSPS) is 12.5. The number of carbonyl (C=O) groups is 1. The zero-order chi connectivity index (χ0) is 19.3. The highest BCUT2D eigenvalue weighted by atomic mass is 32.2. The van der Waals surface area contributed by atoms with E-state index in [1.54, 1.807) is 19.1 Å². The number of sulfonamides is 1. The minimum absolute atomic E-state index is 0.0538. The summed E-state index contributed by atoms with van der Waals surface area (Å²) in [5.74, 6) is -0.947. The molecule has 8 heteroatoms. The highest BCUT2D eigenvalue weighted by molar-refractivity contribution is 7.92. The number of aryl methyl sites for hydroxylation is 1. The Kier molecular flexibility index (Phi) is 6.33. The molecule has 1 atom stereocenters. The summed E-state index contributed by atoms with van der Waals surface area (Å²) in [6, 6.07) is 9.43. The second-order valence-corrected chi connectivity index (χ2v) is 7.54. The van der Waals surface area contributed by atoms with E-state index in [2.05, 4.69) is 10.0 Å². The van der Waals surface area contributed by atoms with Crippen molar-refractivity contribution in [1.29, 1.82) is 0 Å². The molecule has 2 N–H and O–H groups in total. The average Bonchev–Trinajstić information content (AvgIpc) is 2.54. The lowest BCUT2D eigenvalue weighted by molar-refractivity contribution is 0.0906. The van der Waals surface area contributed by atoms with E-state index < -0.39 is 21.7 Å². The highest BCUT2D eigenvalue weighted by Crippen LogP contribution is 2.22.